The van der Waals surface area contributed by atoms with Crippen molar-refractivity contribution >= 4 is 38.1 Å². The normalized spacial score (nSPS) is 21.3. The highest BCUT2D eigenvalue weighted by atomic mass is 127. The number of halogens is 1. The number of nitrogens with one attached hydrogen (secondary N) is 2. The molecule has 122 valence electrons. The van der Waals surface area contributed by atoms with Crippen LogP contribution in [0.25, 0.3) is 0 Å². The number of benzene rings is 2. The molecule has 0 amide bonds. The van der Waals surface area contributed by atoms with Crippen LogP contribution in [0.2, 0.25) is 0 Å². The van der Waals surface area contributed by atoms with Gasteiger partial charge in [0.25, 0.3) is 0 Å². The minimum atomic E-state index is -3.47. The number of hydrogen-bond donors (Lipinski definition) is 2. The minimum Gasteiger partial charge on any atom is -0.382 e. The number of para-hydroxylation sites is 1. The molecule has 2 aromatic rings. The van der Waals surface area contributed by atoms with Gasteiger partial charge in [0.2, 0.25) is 0 Å². The average Bonchev–Trinajstić information content (AvgIpc) is 3.05. The van der Waals surface area contributed by atoms with Crippen molar-refractivity contribution in [2.75, 3.05) is 18.4 Å². The highest BCUT2D eigenvalue weighted by Gasteiger charge is 2.46. The van der Waals surface area contributed by atoms with E-state index in [4.69, 9.17) is 0 Å². The van der Waals surface area contributed by atoms with Crippen molar-refractivity contribution in [1.29, 1.82) is 0 Å². The maximum absolute atomic E-state index is 13.2. The van der Waals surface area contributed by atoms with E-state index in [0.717, 1.165) is 22.2 Å². The second-order valence-corrected chi connectivity index (χ2v) is 9.21. The zero-order valence-electron chi connectivity index (χ0n) is 12.6. The lowest BCUT2D eigenvalue weighted by Crippen LogP contribution is -2.52. The Hall–Kier alpha value is -1.12. The zero-order chi connectivity index (χ0) is 16.3. The molecule has 1 aliphatic heterocycles. The number of hydrogen-bond acceptors (Lipinski definition) is 4. The summed E-state index contributed by atoms with van der Waals surface area (Å²) in [4.78, 5) is -0.568. The summed E-state index contributed by atoms with van der Waals surface area (Å²) in [5, 5.41) is 6.52. The molecule has 0 aromatic heterocycles. The highest BCUT2D eigenvalue weighted by Crippen LogP contribution is 2.32. The topological polar surface area (TPSA) is 58.2 Å². The van der Waals surface area contributed by atoms with Gasteiger partial charge < -0.3 is 5.32 Å². The Kier molecular flexibility index (Phi) is 4.93. The number of sulfone groups is 1. The van der Waals surface area contributed by atoms with Crippen molar-refractivity contribution in [1.82, 2.24) is 5.32 Å². The molecule has 4 nitrogen and oxygen atoms in total. The van der Waals surface area contributed by atoms with Crippen LogP contribution in [-0.2, 0) is 9.84 Å². The molecule has 0 aliphatic carbocycles. The molecule has 2 aromatic carbocycles. The molecular weight excluding hydrogens is 423 g/mol. The molecule has 0 unspecified atom stereocenters. The molecule has 1 heterocycles. The first-order valence-corrected chi connectivity index (χ1v) is 10.1. The summed E-state index contributed by atoms with van der Waals surface area (Å²) in [7, 11) is -3.47. The van der Waals surface area contributed by atoms with Crippen molar-refractivity contribution in [2.24, 2.45) is 0 Å². The maximum Gasteiger partial charge on any atom is 0.198 e. The van der Waals surface area contributed by atoms with Gasteiger partial charge in [0, 0.05) is 15.8 Å². The fraction of sp³-hybridized carbons (Fsp3) is 0.294. The first-order chi connectivity index (χ1) is 11.0. The van der Waals surface area contributed by atoms with Crippen LogP contribution in [0.1, 0.15) is 12.8 Å². The van der Waals surface area contributed by atoms with Gasteiger partial charge in [0.15, 0.2) is 9.84 Å². The highest BCUT2D eigenvalue weighted by molar-refractivity contribution is 14.1. The fourth-order valence-electron chi connectivity index (χ4n) is 2.91. The van der Waals surface area contributed by atoms with E-state index < -0.39 is 14.7 Å². The predicted molar refractivity (Wildman–Crippen MR) is 101 cm³/mol. The van der Waals surface area contributed by atoms with Crippen molar-refractivity contribution in [3.8, 4) is 0 Å². The van der Waals surface area contributed by atoms with Crippen molar-refractivity contribution in [3.63, 3.8) is 0 Å². The van der Waals surface area contributed by atoms with Gasteiger partial charge in [-0.25, -0.2) is 8.42 Å². The predicted octanol–water partition coefficient (Wildman–Crippen LogP) is 3.26. The zero-order valence-corrected chi connectivity index (χ0v) is 15.6. The van der Waals surface area contributed by atoms with Crippen LogP contribution in [0, 0.1) is 3.57 Å². The third-order valence-electron chi connectivity index (χ3n) is 4.18. The van der Waals surface area contributed by atoms with E-state index in [-0.39, 0.29) is 0 Å². The molecule has 6 heteroatoms. The third kappa shape index (κ3) is 3.39. The van der Waals surface area contributed by atoms with E-state index in [2.05, 4.69) is 33.2 Å². The van der Waals surface area contributed by atoms with E-state index in [1.165, 1.54) is 0 Å². The summed E-state index contributed by atoms with van der Waals surface area (Å²) in [6.45, 7) is 1.07. The van der Waals surface area contributed by atoms with Gasteiger partial charge in [0.05, 0.1) is 4.90 Å². The van der Waals surface area contributed by atoms with Gasteiger partial charge in [-0.1, -0.05) is 24.3 Å². The largest absolute Gasteiger partial charge is 0.382 e. The van der Waals surface area contributed by atoms with E-state index in [1.807, 2.05) is 36.4 Å². The van der Waals surface area contributed by atoms with Gasteiger partial charge in [0.1, 0.15) is 4.87 Å². The quantitative estimate of drug-likeness (QED) is 0.699. The van der Waals surface area contributed by atoms with Crippen LogP contribution < -0.4 is 10.6 Å². The molecule has 3 rings (SSSR count). The van der Waals surface area contributed by atoms with E-state index in [9.17, 15) is 8.42 Å². The molecule has 0 radical (unpaired) electrons. The van der Waals surface area contributed by atoms with Crippen LogP contribution in [0.3, 0.4) is 0 Å². The van der Waals surface area contributed by atoms with Crippen molar-refractivity contribution < 1.29 is 8.42 Å². The minimum absolute atomic E-state index is 0.352. The van der Waals surface area contributed by atoms with E-state index in [0.29, 0.717) is 17.9 Å². The molecule has 23 heavy (non-hydrogen) atoms. The molecule has 2 N–H and O–H groups in total. The lowest BCUT2D eigenvalue weighted by atomic mass is 10.2. The second-order valence-electron chi connectivity index (χ2n) is 5.71. The Balaban J connectivity index is 1.91. The number of anilines is 1. The van der Waals surface area contributed by atoms with Crippen molar-refractivity contribution in [3.05, 3.63) is 58.2 Å². The Morgan fingerprint density at radius 1 is 1.13 bits per heavy atom. The molecule has 1 fully saturated rings. The van der Waals surface area contributed by atoms with Gasteiger partial charge in [-0.3, -0.25) is 5.32 Å². The van der Waals surface area contributed by atoms with Gasteiger partial charge in [-0.2, -0.15) is 0 Å². The van der Waals surface area contributed by atoms with Crippen LogP contribution in [0.5, 0.6) is 0 Å². The summed E-state index contributed by atoms with van der Waals surface area (Å²) >= 11 is 2.14. The summed E-state index contributed by atoms with van der Waals surface area (Å²) in [6.07, 6.45) is 1.47. The summed E-state index contributed by atoms with van der Waals surface area (Å²) in [5.41, 5.74) is 0.929. The summed E-state index contributed by atoms with van der Waals surface area (Å²) in [6, 6.07) is 16.8. The first kappa shape index (κ1) is 16.7. The lowest BCUT2D eigenvalue weighted by molar-refractivity contribution is 0.492. The SMILES string of the molecule is O=S(=O)(c1cccc(I)c1)[C@]1(CNc2ccccc2)CCCN1. The summed E-state index contributed by atoms with van der Waals surface area (Å²) in [5.74, 6) is 0. The Bertz CT molecular complexity index is 772. The molecule has 0 spiro atoms. The summed E-state index contributed by atoms with van der Waals surface area (Å²) < 4.78 is 27.4. The number of rotatable bonds is 5. The molecular formula is C17H19IN2O2S. The van der Waals surface area contributed by atoms with E-state index >= 15 is 0 Å². The molecule has 1 atom stereocenters. The Morgan fingerprint density at radius 3 is 2.57 bits per heavy atom. The molecule has 1 aliphatic rings. The smallest absolute Gasteiger partial charge is 0.198 e. The molecule has 0 saturated carbocycles. The average molecular weight is 442 g/mol. The molecule has 0 bridgehead atoms. The Morgan fingerprint density at radius 2 is 1.91 bits per heavy atom. The van der Waals surface area contributed by atoms with Crippen molar-refractivity contribution in [2.45, 2.75) is 22.6 Å². The van der Waals surface area contributed by atoms with E-state index in [1.54, 1.807) is 18.2 Å². The second kappa shape index (κ2) is 6.78. The van der Waals surface area contributed by atoms with Gasteiger partial charge in [-0.15, -0.1) is 0 Å². The van der Waals surface area contributed by atoms with Gasteiger partial charge in [-0.05, 0) is 72.3 Å². The lowest BCUT2D eigenvalue weighted by Gasteiger charge is -2.30. The standard InChI is InChI=1S/C17H19IN2O2S/c18-14-6-4-9-16(12-14)23(21,22)17(10-5-11-20-17)13-19-15-7-2-1-3-8-15/h1-4,6-9,12,19-20H,5,10-11,13H2/t17-/m0/s1. The molecule has 1 saturated heterocycles. The third-order valence-corrected chi connectivity index (χ3v) is 7.24. The van der Waals surface area contributed by atoms with Gasteiger partial charge >= 0.3 is 0 Å². The van der Waals surface area contributed by atoms with Crippen LogP contribution >= 0.6 is 22.6 Å². The maximum atomic E-state index is 13.2. The monoisotopic (exact) mass is 442 g/mol. The fourth-order valence-corrected chi connectivity index (χ4v) is 5.63. The van der Waals surface area contributed by atoms with Crippen LogP contribution in [0.15, 0.2) is 59.5 Å². The first-order valence-electron chi connectivity index (χ1n) is 7.58. The van der Waals surface area contributed by atoms with Crippen LogP contribution in [-0.4, -0.2) is 26.4 Å². The Labute approximate surface area is 150 Å². The van der Waals surface area contributed by atoms with Crippen LogP contribution in [0.4, 0.5) is 5.69 Å².